The summed E-state index contributed by atoms with van der Waals surface area (Å²) in [7, 11) is 0. The smallest absolute Gasteiger partial charge is 0.154 e. The van der Waals surface area contributed by atoms with E-state index in [1.807, 2.05) is 0 Å². The van der Waals surface area contributed by atoms with Crippen LogP contribution in [0.25, 0.3) is 0 Å². The van der Waals surface area contributed by atoms with Crippen LogP contribution in [0.3, 0.4) is 0 Å². The van der Waals surface area contributed by atoms with Gasteiger partial charge in [-0.15, -0.1) is 0 Å². The highest BCUT2D eigenvalue weighted by atomic mass is 18.2. The molecule has 0 radical (unpaired) electrons. The Balaban J connectivity index is 2.01. The first-order chi connectivity index (χ1) is 6.21. The third-order valence-electron chi connectivity index (χ3n) is 4.50. The first-order valence-electron chi connectivity index (χ1n) is 5.35. The number of hydrogen-bond donors (Lipinski definition) is 1. The predicted octanol–water partition coefficient (Wildman–Crippen LogP) is 1.70. The Hall–Kier alpha value is -0.550. The number of aliphatic hydroxyl groups is 1. The van der Waals surface area contributed by atoms with Crippen molar-refractivity contribution in [3.8, 4) is 6.07 Å². The molecule has 0 aliphatic heterocycles. The highest BCUT2D eigenvalue weighted by molar-refractivity contribution is 5.14. The molecule has 0 saturated heterocycles. The van der Waals surface area contributed by atoms with E-state index in [0.717, 1.165) is 18.8 Å². The van der Waals surface area contributed by atoms with Gasteiger partial charge in [0.25, 0.3) is 0 Å². The van der Waals surface area contributed by atoms with E-state index in [2.05, 4.69) is 6.07 Å². The molecule has 0 aromatic rings. The Morgan fingerprint density at radius 2 is 1.92 bits per heavy atom. The molecule has 13 heavy (non-hydrogen) atoms. The largest absolute Gasteiger partial charge is 0.375 e. The first-order valence-corrected chi connectivity index (χ1v) is 5.35. The Kier molecular flexibility index (Phi) is 1.37. The lowest BCUT2D eigenvalue weighted by molar-refractivity contribution is -0.0367. The summed E-state index contributed by atoms with van der Waals surface area (Å²) >= 11 is 0. The fraction of sp³-hybridized carbons (Fsp3) is 0.909. The van der Waals surface area contributed by atoms with Crippen molar-refractivity contribution in [3.63, 3.8) is 0 Å². The van der Waals surface area contributed by atoms with Crippen LogP contribution in [0.1, 0.15) is 32.1 Å². The van der Waals surface area contributed by atoms with Crippen molar-refractivity contribution in [2.75, 3.05) is 0 Å². The standard InChI is InChI=1S/C11H15NO/c12-6-11(13)5-8-1-7-2-9(3-8)10(11)4-7/h7-10,13H,1-5H2/t7-,8+,9-,10+,11+/m1/s1/i13+2. The molecule has 0 aromatic carbocycles. The summed E-state index contributed by atoms with van der Waals surface area (Å²) in [6.45, 7) is 0. The van der Waals surface area contributed by atoms with E-state index in [9.17, 15) is 5.11 Å². The van der Waals surface area contributed by atoms with Gasteiger partial charge in [-0.25, -0.2) is 0 Å². The van der Waals surface area contributed by atoms with Crippen LogP contribution >= 0.6 is 0 Å². The Labute approximate surface area is 78.6 Å². The molecule has 2 nitrogen and oxygen atoms in total. The molecule has 1 N–H and O–H groups in total. The molecule has 0 heterocycles. The van der Waals surface area contributed by atoms with Crippen LogP contribution in [-0.4, -0.2) is 10.7 Å². The molecular weight excluding hydrogens is 164 g/mol. The van der Waals surface area contributed by atoms with Gasteiger partial charge in [-0.1, -0.05) is 0 Å². The van der Waals surface area contributed by atoms with E-state index in [4.69, 9.17) is 5.26 Å². The predicted molar refractivity (Wildman–Crippen MR) is 47.6 cm³/mol. The number of nitriles is 1. The first kappa shape index (κ1) is 7.82. The summed E-state index contributed by atoms with van der Waals surface area (Å²) in [4.78, 5) is 0. The Morgan fingerprint density at radius 1 is 1.15 bits per heavy atom. The average molecular weight is 179 g/mol. The summed E-state index contributed by atoms with van der Waals surface area (Å²) in [6, 6.07) is 2.16. The zero-order valence-corrected chi connectivity index (χ0v) is 7.74. The lowest BCUT2D eigenvalue weighted by Crippen LogP contribution is -2.44. The molecule has 0 unspecified atom stereocenters. The maximum atomic E-state index is 10.2. The molecular formula is C11H15NO. The van der Waals surface area contributed by atoms with Gasteiger partial charge in [-0.05, 0) is 49.9 Å². The minimum absolute atomic E-state index is 0.307. The molecule has 3 saturated carbocycles. The highest BCUT2D eigenvalue weighted by Gasteiger charge is 2.55. The molecule has 0 aromatic heterocycles. The lowest BCUT2D eigenvalue weighted by atomic mass is 9.66. The van der Waals surface area contributed by atoms with Crippen LogP contribution in [0.5, 0.6) is 0 Å². The van der Waals surface area contributed by atoms with E-state index in [-0.39, 0.29) is 0 Å². The summed E-state index contributed by atoms with van der Waals surface area (Å²) in [5.41, 5.74) is -0.959. The molecule has 0 spiro atoms. The zero-order valence-electron chi connectivity index (χ0n) is 7.74. The quantitative estimate of drug-likeness (QED) is 0.454. The molecule has 3 fully saturated rings. The van der Waals surface area contributed by atoms with Crippen LogP contribution in [0.2, 0.25) is 0 Å². The second kappa shape index (κ2) is 2.27. The topological polar surface area (TPSA) is 44.0 Å². The van der Waals surface area contributed by atoms with Gasteiger partial charge >= 0.3 is 0 Å². The van der Waals surface area contributed by atoms with Crippen molar-refractivity contribution in [1.29, 1.82) is 5.26 Å². The molecule has 0 amide bonds. The van der Waals surface area contributed by atoms with Gasteiger partial charge in [0.05, 0.1) is 6.07 Å². The van der Waals surface area contributed by atoms with Gasteiger partial charge in [0.15, 0.2) is 5.60 Å². The Morgan fingerprint density at radius 3 is 2.69 bits per heavy atom. The van der Waals surface area contributed by atoms with Crippen molar-refractivity contribution in [2.24, 2.45) is 23.7 Å². The summed E-state index contributed by atoms with van der Waals surface area (Å²) < 4.78 is 0. The SMILES string of the molecule is N#C[C@@]1([18OH])C[C@H]2C[C@@H]3C[C@H](C2)[C@@H]1C3. The molecule has 3 aliphatic carbocycles. The molecule has 70 valence electrons. The minimum Gasteiger partial charge on any atom is -0.375 e. The number of hydrogen-bond acceptors (Lipinski definition) is 2. The van der Waals surface area contributed by atoms with Crippen LogP contribution in [0, 0.1) is 35.0 Å². The van der Waals surface area contributed by atoms with E-state index < -0.39 is 5.60 Å². The van der Waals surface area contributed by atoms with Gasteiger partial charge < -0.3 is 5.11 Å². The Bertz CT molecular complexity index is 280. The van der Waals surface area contributed by atoms with Crippen LogP contribution in [0.4, 0.5) is 0 Å². The fourth-order valence-electron chi connectivity index (χ4n) is 4.16. The highest BCUT2D eigenvalue weighted by Crippen LogP contribution is 2.58. The summed E-state index contributed by atoms with van der Waals surface area (Å²) in [5, 5.41) is 19.2. The second-order valence-electron chi connectivity index (χ2n) is 5.28. The van der Waals surface area contributed by atoms with E-state index in [1.165, 1.54) is 19.3 Å². The molecule has 2 heteroatoms. The van der Waals surface area contributed by atoms with Crippen molar-refractivity contribution in [1.82, 2.24) is 0 Å². The van der Waals surface area contributed by atoms with E-state index in [0.29, 0.717) is 17.8 Å². The summed E-state index contributed by atoms with van der Waals surface area (Å²) in [6.07, 6.45) is 5.71. The van der Waals surface area contributed by atoms with Gasteiger partial charge in [-0.3, -0.25) is 0 Å². The van der Waals surface area contributed by atoms with Gasteiger partial charge in [-0.2, -0.15) is 5.26 Å². The van der Waals surface area contributed by atoms with Gasteiger partial charge in [0, 0.05) is 5.92 Å². The second-order valence-corrected chi connectivity index (χ2v) is 5.28. The van der Waals surface area contributed by atoms with E-state index >= 15 is 0 Å². The van der Waals surface area contributed by atoms with Gasteiger partial charge in [0.2, 0.25) is 0 Å². The number of nitrogens with zero attached hydrogens (tertiary/aromatic N) is 1. The van der Waals surface area contributed by atoms with Crippen molar-refractivity contribution >= 4 is 0 Å². The molecule has 3 bridgehead atoms. The van der Waals surface area contributed by atoms with Crippen molar-refractivity contribution in [3.05, 3.63) is 0 Å². The van der Waals surface area contributed by atoms with Crippen LogP contribution in [0.15, 0.2) is 0 Å². The molecule has 5 atom stereocenters. The van der Waals surface area contributed by atoms with Crippen LogP contribution < -0.4 is 0 Å². The molecule has 3 aliphatic rings. The van der Waals surface area contributed by atoms with Gasteiger partial charge in [0.1, 0.15) is 0 Å². The zero-order chi connectivity index (χ0) is 9.05. The molecule has 3 rings (SSSR count). The number of rotatable bonds is 0. The maximum absolute atomic E-state index is 10.2. The normalized spacial score (nSPS) is 57.8. The third-order valence-corrected chi connectivity index (χ3v) is 4.50. The van der Waals surface area contributed by atoms with Crippen molar-refractivity contribution in [2.45, 2.75) is 37.7 Å². The monoisotopic (exact) mass is 179 g/mol. The van der Waals surface area contributed by atoms with Crippen LogP contribution in [-0.2, 0) is 0 Å². The summed E-state index contributed by atoms with van der Waals surface area (Å²) in [5.74, 6) is 2.45. The fourth-order valence-corrected chi connectivity index (χ4v) is 4.16. The minimum atomic E-state index is -0.959. The third kappa shape index (κ3) is 0.914. The average Bonchev–Trinajstić information content (AvgIpc) is 2.36. The maximum Gasteiger partial charge on any atom is 0.154 e. The lowest BCUT2D eigenvalue weighted by Gasteiger charge is -2.41. The van der Waals surface area contributed by atoms with E-state index in [1.54, 1.807) is 0 Å². The van der Waals surface area contributed by atoms with Crippen molar-refractivity contribution < 1.29 is 5.11 Å². The number of fused-ring (bicyclic) bond motifs is 2.